The number of aliphatic hydroxyl groups excluding tert-OH is 1. The van der Waals surface area contributed by atoms with Crippen molar-refractivity contribution >= 4 is 0 Å². The van der Waals surface area contributed by atoms with Gasteiger partial charge in [-0.05, 0) is 55.7 Å². The third-order valence-corrected chi connectivity index (χ3v) is 4.67. The third kappa shape index (κ3) is 3.19. The van der Waals surface area contributed by atoms with Crippen molar-refractivity contribution in [2.45, 2.75) is 50.4 Å². The predicted molar refractivity (Wildman–Crippen MR) is 73.3 cm³/mol. The van der Waals surface area contributed by atoms with Gasteiger partial charge in [-0.25, -0.2) is 0 Å². The maximum Gasteiger partial charge on any atom is 0.387 e. The Bertz CT molecular complexity index is 488. The van der Waals surface area contributed by atoms with E-state index in [-0.39, 0.29) is 17.3 Å². The standard InChI is InChI=1S/C16H20F2O3/c17-15(18)21-13-4-1-3-11(9-13)14(19)12-5-8-20-16(10-12)6-2-7-16/h1,3-4,9,12,14-15,19H,2,5-8,10H2. The highest BCUT2D eigenvalue weighted by atomic mass is 19.3. The molecule has 1 aromatic carbocycles. The molecule has 3 rings (SSSR count). The van der Waals surface area contributed by atoms with Crippen LogP contribution in [0, 0.1) is 5.92 Å². The zero-order valence-corrected chi connectivity index (χ0v) is 11.8. The molecule has 3 nitrogen and oxygen atoms in total. The van der Waals surface area contributed by atoms with Crippen molar-refractivity contribution in [3.05, 3.63) is 29.8 Å². The molecule has 0 radical (unpaired) electrons. The number of ether oxygens (including phenoxy) is 2. The van der Waals surface area contributed by atoms with Gasteiger partial charge in [0.2, 0.25) is 0 Å². The summed E-state index contributed by atoms with van der Waals surface area (Å²) in [5.41, 5.74) is 0.593. The Morgan fingerprint density at radius 1 is 1.33 bits per heavy atom. The zero-order chi connectivity index (χ0) is 14.9. The molecule has 1 spiro atoms. The van der Waals surface area contributed by atoms with Gasteiger partial charge in [-0.15, -0.1) is 0 Å². The van der Waals surface area contributed by atoms with E-state index in [1.165, 1.54) is 18.6 Å². The van der Waals surface area contributed by atoms with E-state index in [0.29, 0.717) is 12.2 Å². The molecule has 1 saturated carbocycles. The van der Waals surface area contributed by atoms with Gasteiger partial charge in [-0.2, -0.15) is 8.78 Å². The number of alkyl halides is 2. The third-order valence-electron chi connectivity index (χ3n) is 4.67. The van der Waals surface area contributed by atoms with Crippen molar-refractivity contribution in [3.8, 4) is 5.75 Å². The second kappa shape index (κ2) is 5.89. The molecule has 21 heavy (non-hydrogen) atoms. The molecule has 0 bridgehead atoms. The van der Waals surface area contributed by atoms with Gasteiger partial charge in [-0.3, -0.25) is 0 Å². The lowest BCUT2D eigenvalue weighted by Gasteiger charge is -2.48. The van der Waals surface area contributed by atoms with Crippen molar-refractivity contribution in [1.82, 2.24) is 0 Å². The van der Waals surface area contributed by atoms with Gasteiger partial charge in [0.25, 0.3) is 0 Å². The van der Waals surface area contributed by atoms with Crippen molar-refractivity contribution in [1.29, 1.82) is 0 Å². The Morgan fingerprint density at radius 2 is 2.14 bits per heavy atom. The van der Waals surface area contributed by atoms with Crippen LogP contribution in [0.5, 0.6) is 5.75 Å². The molecule has 2 aliphatic rings. The van der Waals surface area contributed by atoms with E-state index < -0.39 is 12.7 Å². The highest BCUT2D eigenvalue weighted by Gasteiger charge is 2.44. The summed E-state index contributed by atoms with van der Waals surface area (Å²) in [4.78, 5) is 0. The fourth-order valence-corrected chi connectivity index (χ4v) is 3.40. The number of hydrogen-bond donors (Lipinski definition) is 1. The number of rotatable bonds is 4. The van der Waals surface area contributed by atoms with Gasteiger partial charge in [0, 0.05) is 6.61 Å². The van der Waals surface area contributed by atoms with E-state index in [2.05, 4.69) is 4.74 Å². The van der Waals surface area contributed by atoms with E-state index >= 15 is 0 Å². The molecule has 0 aromatic heterocycles. The number of hydrogen-bond acceptors (Lipinski definition) is 3. The van der Waals surface area contributed by atoms with Crippen molar-refractivity contribution in [2.24, 2.45) is 5.92 Å². The van der Waals surface area contributed by atoms with Gasteiger partial charge < -0.3 is 14.6 Å². The first-order chi connectivity index (χ1) is 10.1. The monoisotopic (exact) mass is 298 g/mol. The SMILES string of the molecule is OC(c1cccc(OC(F)F)c1)C1CCOC2(CCC2)C1. The molecular weight excluding hydrogens is 278 g/mol. The molecule has 1 saturated heterocycles. The van der Waals surface area contributed by atoms with E-state index in [9.17, 15) is 13.9 Å². The van der Waals surface area contributed by atoms with Gasteiger partial charge in [0.15, 0.2) is 0 Å². The maximum atomic E-state index is 12.3. The van der Waals surface area contributed by atoms with Crippen molar-refractivity contribution < 1.29 is 23.4 Å². The number of aliphatic hydroxyl groups is 1. The zero-order valence-electron chi connectivity index (χ0n) is 11.8. The van der Waals surface area contributed by atoms with Crippen LogP contribution >= 0.6 is 0 Å². The van der Waals surface area contributed by atoms with Gasteiger partial charge in [0.05, 0.1) is 11.7 Å². The first-order valence-corrected chi connectivity index (χ1v) is 7.45. The highest BCUT2D eigenvalue weighted by Crippen LogP contribution is 2.47. The molecule has 1 aliphatic heterocycles. The average Bonchev–Trinajstić information content (AvgIpc) is 2.44. The van der Waals surface area contributed by atoms with Crippen LogP contribution in [-0.4, -0.2) is 23.9 Å². The van der Waals surface area contributed by atoms with Crippen molar-refractivity contribution in [2.75, 3.05) is 6.61 Å². The van der Waals surface area contributed by atoms with Crippen LogP contribution in [-0.2, 0) is 4.74 Å². The number of halogens is 2. The highest BCUT2D eigenvalue weighted by molar-refractivity contribution is 5.30. The van der Waals surface area contributed by atoms with Gasteiger partial charge in [-0.1, -0.05) is 12.1 Å². The van der Waals surface area contributed by atoms with Crippen LogP contribution in [0.15, 0.2) is 24.3 Å². The van der Waals surface area contributed by atoms with Crippen molar-refractivity contribution in [3.63, 3.8) is 0 Å². The molecule has 1 aromatic rings. The molecule has 1 N–H and O–H groups in total. The number of benzene rings is 1. The molecule has 5 heteroatoms. The Balaban J connectivity index is 1.70. The van der Waals surface area contributed by atoms with Gasteiger partial charge in [0.1, 0.15) is 5.75 Å². The molecule has 1 heterocycles. The minimum Gasteiger partial charge on any atom is -0.435 e. The molecule has 2 unspecified atom stereocenters. The van der Waals surface area contributed by atoms with Crippen LogP contribution in [0.3, 0.4) is 0 Å². The topological polar surface area (TPSA) is 38.7 Å². The maximum absolute atomic E-state index is 12.3. The summed E-state index contributed by atoms with van der Waals surface area (Å²) >= 11 is 0. The van der Waals surface area contributed by atoms with Crippen LogP contribution < -0.4 is 4.74 Å². The largest absolute Gasteiger partial charge is 0.435 e. The molecule has 2 fully saturated rings. The van der Waals surface area contributed by atoms with E-state index in [1.54, 1.807) is 12.1 Å². The Kier molecular flexibility index (Phi) is 4.13. The first kappa shape index (κ1) is 14.7. The smallest absolute Gasteiger partial charge is 0.387 e. The van der Waals surface area contributed by atoms with Crippen LogP contribution in [0.1, 0.15) is 43.8 Å². The van der Waals surface area contributed by atoms with Crippen LogP contribution in [0.4, 0.5) is 8.78 Å². The summed E-state index contributed by atoms with van der Waals surface area (Å²) in [5, 5.41) is 10.6. The summed E-state index contributed by atoms with van der Waals surface area (Å²) in [7, 11) is 0. The van der Waals surface area contributed by atoms with E-state index in [0.717, 1.165) is 25.7 Å². The molecule has 116 valence electrons. The van der Waals surface area contributed by atoms with Crippen LogP contribution in [0.25, 0.3) is 0 Å². The summed E-state index contributed by atoms with van der Waals surface area (Å²) in [6.45, 7) is -2.19. The molecule has 1 aliphatic carbocycles. The first-order valence-electron chi connectivity index (χ1n) is 7.45. The predicted octanol–water partition coefficient (Wildman–Crippen LogP) is 3.67. The normalized spacial score (nSPS) is 25.6. The lowest BCUT2D eigenvalue weighted by atomic mass is 9.70. The molecule has 0 amide bonds. The quantitative estimate of drug-likeness (QED) is 0.921. The summed E-state index contributed by atoms with van der Waals surface area (Å²) in [5.74, 6) is 0.202. The average molecular weight is 298 g/mol. The second-order valence-electron chi connectivity index (χ2n) is 6.03. The van der Waals surface area contributed by atoms with E-state index in [4.69, 9.17) is 4.74 Å². The fourth-order valence-electron chi connectivity index (χ4n) is 3.40. The summed E-state index contributed by atoms with van der Waals surface area (Å²) < 4.78 is 34.8. The Morgan fingerprint density at radius 3 is 2.81 bits per heavy atom. The summed E-state index contributed by atoms with van der Waals surface area (Å²) in [6, 6.07) is 6.36. The Labute approximate surface area is 122 Å². The van der Waals surface area contributed by atoms with E-state index in [1.807, 2.05) is 0 Å². The summed E-state index contributed by atoms with van der Waals surface area (Å²) in [6.07, 6.45) is 4.28. The lowest BCUT2D eigenvalue weighted by Crippen LogP contribution is -2.46. The van der Waals surface area contributed by atoms with Gasteiger partial charge >= 0.3 is 6.61 Å². The van der Waals surface area contributed by atoms with Crippen LogP contribution in [0.2, 0.25) is 0 Å². The minimum atomic E-state index is -2.85. The Hall–Kier alpha value is -1.20. The lowest BCUT2D eigenvalue weighted by molar-refractivity contribution is -0.157. The molecular formula is C16H20F2O3. The molecule has 2 atom stereocenters. The fraction of sp³-hybridized carbons (Fsp3) is 0.625. The second-order valence-corrected chi connectivity index (χ2v) is 6.03. The minimum absolute atomic E-state index is 0.0407.